The zero-order chi connectivity index (χ0) is 18.6. The van der Waals surface area contributed by atoms with Crippen molar-refractivity contribution in [1.29, 1.82) is 0 Å². The van der Waals surface area contributed by atoms with Gasteiger partial charge in [-0.1, -0.05) is 67.1 Å². The largest absolute Gasteiger partial charge is 0.279 e. The number of hydrogen-bond acceptors (Lipinski definition) is 2. The summed E-state index contributed by atoms with van der Waals surface area (Å²) in [4.78, 5) is 0. The van der Waals surface area contributed by atoms with E-state index in [-0.39, 0.29) is 18.0 Å². The molecule has 2 unspecified atom stereocenters. The molecule has 1 heterocycles. The van der Waals surface area contributed by atoms with Gasteiger partial charge in [0, 0.05) is 24.5 Å². The van der Waals surface area contributed by atoms with Crippen LogP contribution in [0.5, 0.6) is 0 Å². The first-order chi connectivity index (χ1) is 12.5. The highest BCUT2D eigenvalue weighted by Crippen LogP contribution is 2.29. The Labute approximate surface area is 157 Å². The van der Waals surface area contributed by atoms with Gasteiger partial charge in [-0.25, -0.2) is 0 Å². The summed E-state index contributed by atoms with van der Waals surface area (Å²) in [6.07, 6.45) is 2.95. The van der Waals surface area contributed by atoms with Crippen LogP contribution in [0.4, 0.5) is 0 Å². The zero-order valence-electron chi connectivity index (χ0n) is 15.5. The molecule has 140 valence electrons. The third-order valence-electron chi connectivity index (χ3n) is 5.20. The van der Waals surface area contributed by atoms with Gasteiger partial charge in [-0.2, -0.15) is 17.4 Å². The number of benzene rings is 2. The van der Waals surface area contributed by atoms with Gasteiger partial charge in [-0.05, 0) is 37.8 Å². The summed E-state index contributed by atoms with van der Waals surface area (Å²) >= 11 is 0. The molecule has 0 radical (unpaired) electrons. The normalized spacial score (nSPS) is 20.2. The van der Waals surface area contributed by atoms with Crippen LogP contribution in [0, 0.1) is 0 Å². The van der Waals surface area contributed by atoms with Crippen LogP contribution < -0.4 is 4.72 Å². The molecule has 0 bridgehead atoms. The smallest absolute Gasteiger partial charge is 0.198 e. The van der Waals surface area contributed by atoms with Crippen molar-refractivity contribution in [3.63, 3.8) is 0 Å². The van der Waals surface area contributed by atoms with Crippen LogP contribution in [0.2, 0.25) is 0 Å². The molecule has 0 aliphatic carbocycles. The molecule has 1 fully saturated rings. The van der Waals surface area contributed by atoms with Crippen molar-refractivity contribution in [2.24, 2.45) is 0 Å². The van der Waals surface area contributed by atoms with E-state index in [0.29, 0.717) is 6.54 Å². The first-order valence-electron chi connectivity index (χ1n) is 9.38. The molecule has 4 nitrogen and oxygen atoms in total. The van der Waals surface area contributed by atoms with Crippen LogP contribution in [-0.2, 0) is 10.2 Å². The average Bonchev–Trinajstić information content (AvgIpc) is 2.63. The summed E-state index contributed by atoms with van der Waals surface area (Å²) in [5.41, 5.74) is 2.22. The van der Waals surface area contributed by atoms with E-state index >= 15 is 0 Å². The Bertz CT molecular complexity index is 754. The van der Waals surface area contributed by atoms with Crippen molar-refractivity contribution in [1.82, 2.24) is 9.03 Å². The van der Waals surface area contributed by atoms with Gasteiger partial charge in [0.2, 0.25) is 0 Å². The van der Waals surface area contributed by atoms with Crippen LogP contribution in [-0.4, -0.2) is 31.4 Å². The molecule has 0 spiro atoms. The lowest BCUT2D eigenvalue weighted by Crippen LogP contribution is -2.51. The van der Waals surface area contributed by atoms with E-state index in [4.69, 9.17) is 0 Å². The monoisotopic (exact) mass is 372 g/mol. The Kier molecular flexibility index (Phi) is 6.12. The Balaban J connectivity index is 1.87. The minimum Gasteiger partial charge on any atom is -0.198 e. The summed E-state index contributed by atoms with van der Waals surface area (Å²) in [6.45, 7) is 4.55. The van der Waals surface area contributed by atoms with Crippen molar-refractivity contribution < 1.29 is 8.42 Å². The fraction of sp³-hybridized carbons (Fsp3) is 0.429. The fourth-order valence-electron chi connectivity index (χ4n) is 3.89. The molecule has 5 heteroatoms. The van der Waals surface area contributed by atoms with Gasteiger partial charge in [0.1, 0.15) is 0 Å². The lowest BCUT2D eigenvalue weighted by Gasteiger charge is -2.34. The molecule has 1 aliphatic rings. The molecule has 3 rings (SSSR count). The molecule has 2 atom stereocenters. The van der Waals surface area contributed by atoms with E-state index in [1.807, 2.05) is 50.2 Å². The van der Waals surface area contributed by atoms with E-state index in [0.717, 1.165) is 30.4 Å². The first-order valence-corrected chi connectivity index (χ1v) is 10.8. The number of nitrogens with zero attached hydrogens (tertiary/aromatic N) is 1. The Morgan fingerprint density at radius 2 is 1.50 bits per heavy atom. The Hall–Kier alpha value is -1.69. The summed E-state index contributed by atoms with van der Waals surface area (Å²) in [7, 11) is -3.51. The summed E-state index contributed by atoms with van der Waals surface area (Å²) in [5.74, 6) is -0.0349. The molecule has 0 saturated carbocycles. The molecule has 2 aromatic carbocycles. The van der Waals surface area contributed by atoms with E-state index < -0.39 is 10.2 Å². The molecule has 0 aromatic heterocycles. The van der Waals surface area contributed by atoms with Crippen LogP contribution >= 0.6 is 0 Å². The third kappa shape index (κ3) is 4.34. The summed E-state index contributed by atoms with van der Waals surface area (Å²) < 4.78 is 30.6. The molecule has 2 aromatic rings. The van der Waals surface area contributed by atoms with Crippen LogP contribution in [0.3, 0.4) is 0 Å². The second-order valence-corrected chi connectivity index (χ2v) is 8.82. The van der Waals surface area contributed by atoms with Gasteiger partial charge in [0.15, 0.2) is 0 Å². The molecule has 0 amide bonds. The quantitative estimate of drug-likeness (QED) is 0.836. The Morgan fingerprint density at radius 3 is 2.00 bits per heavy atom. The van der Waals surface area contributed by atoms with E-state index in [1.54, 1.807) is 4.31 Å². The fourth-order valence-corrected chi connectivity index (χ4v) is 5.58. The maximum absolute atomic E-state index is 13.0. The van der Waals surface area contributed by atoms with Gasteiger partial charge >= 0.3 is 0 Å². The molecular weight excluding hydrogens is 344 g/mol. The predicted octanol–water partition coefficient (Wildman–Crippen LogP) is 3.92. The van der Waals surface area contributed by atoms with Crippen molar-refractivity contribution >= 4 is 10.2 Å². The minimum atomic E-state index is -3.51. The van der Waals surface area contributed by atoms with Gasteiger partial charge in [0.05, 0.1) is 0 Å². The third-order valence-corrected chi connectivity index (χ3v) is 7.03. The molecule has 1 saturated heterocycles. The summed E-state index contributed by atoms with van der Waals surface area (Å²) in [5, 5.41) is 0. The molecule has 26 heavy (non-hydrogen) atoms. The van der Waals surface area contributed by atoms with Crippen LogP contribution in [0.25, 0.3) is 0 Å². The lowest BCUT2D eigenvalue weighted by molar-refractivity contribution is 0.263. The second-order valence-electron chi connectivity index (χ2n) is 7.17. The van der Waals surface area contributed by atoms with Gasteiger partial charge in [0.25, 0.3) is 10.2 Å². The van der Waals surface area contributed by atoms with Crippen LogP contribution in [0.15, 0.2) is 60.7 Å². The van der Waals surface area contributed by atoms with Gasteiger partial charge in [-0.3, -0.25) is 0 Å². The van der Waals surface area contributed by atoms with Crippen LogP contribution in [0.1, 0.15) is 50.2 Å². The molecule has 1 N–H and O–H groups in total. The second kappa shape index (κ2) is 8.33. The van der Waals surface area contributed by atoms with E-state index in [2.05, 4.69) is 29.0 Å². The van der Waals surface area contributed by atoms with Crippen molar-refractivity contribution in [3.05, 3.63) is 71.8 Å². The zero-order valence-corrected chi connectivity index (χ0v) is 16.3. The van der Waals surface area contributed by atoms with Gasteiger partial charge in [-0.15, -0.1) is 0 Å². The van der Waals surface area contributed by atoms with Crippen molar-refractivity contribution in [2.75, 3.05) is 6.54 Å². The first kappa shape index (κ1) is 19.1. The number of hydrogen-bond donors (Lipinski definition) is 1. The Morgan fingerprint density at radius 1 is 0.962 bits per heavy atom. The minimum absolute atomic E-state index is 0.0349. The average molecular weight is 373 g/mol. The van der Waals surface area contributed by atoms with E-state index in [9.17, 15) is 8.42 Å². The highest BCUT2D eigenvalue weighted by Gasteiger charge is 2.33. The number of nitrogens with one attached hydrogen (secondary N) is 1. The predicted molar refractivity (Wildman–Crippen MR) is 106 cm³/mol. The molecular formula is C21H28N2O2S. The van der Waals surface area contributed by atoms with E-state index in [1.165, 1.54) is 0 Å². The topological polar surface area (TPSA) is 49.4 Å². The SMILES string of the molecule is CC(NS(=O)(=O)N1CCCCC1C)C(c1ccccc1)c1ccccc1. The number of piperidine rings is 1. The van der Waals surface area contributed by atoms with Gasteiger partial charge < -0.3 is 0 Å². The maximum atomic E-state index is 13.0. The number of rotatable bonds is 6. The standard InChI is InChI=1S/C21H28N2O2S/c1-17-11-9-10-16-23(17)26(24,25)22-18(2)21(19-12-5-3-6-13-19)20-14-7-4-8-15-20/h3-8,12-15,17-18,21-22H,9-11,16H2,1-2H3. The molecule has 1 aliphatic heterocycles. The summed E-state index contributed by atoms with van der Waals surface area (Å²) in [6, 6.07) is 20.0. The highest BCUT2D eigenvalue weighted by atomic mass is 32.2. The highest BCUT2D eigenvalue weighted by molar-refractivity contribution is 7.87. The lowest BCUT2D eigenvalue weighted by atomic mass is 9.86. The van der Waals surface area contributed by atoms with Crippen molar-refractivity contribution in [2.45, 2.75) is 51.1 Å². The van der Waals surface area contributed by atoms with Crippen molar-refractivity contribution in [3.8, 4) is 0 Å². The maximum Gasteiger partial charge on any atom is 0.279 e.